The van der Waals surface area contributed by atoms with Crippen LogP contribution in [0.1, 0.15) is 21.7 Å². The molecule has 1 aromatic heterocycles. The lowest BCUT2D eigenvalue weighted by Gasteiger charge is -2.13. The third kappa shape index (κ3) is 4.70. The van der Waals surface area contributed by atoms with Crippen molar-refractivity contribution in [3.63, 3.8) is 0 Å². The van der Waals surface area contributed by atoms with E-state index >= 15 is 0 Å². The number of methoxy groups -OCH3 is 1. The Kier molecular flexibility index (Phi) is 5.89. The molecule has 0 saturated carbocycles. The molecule has 0 spiro atoms. The van der Waals surface area contributed by atoms with Gasteiger partial charge in [-0.15, -0.1) is 0 Å². The SMILES string of the molecule is COc1ccc(-c2ccccc2)cc1Cc1ncc(C(N)=O)c(Nc2ccccc2)n1. The van der Waals surface area contributed by atoms with Gasteiger partial charge < -0.3 is 15.8 Å². The molecule has 0 fully saturated rings. The molecule has 0 unspecified atom stereocenters. The molecule has 1 amide bonds. The quantitative estimate of drug-likeness (QED) is 0.465. The van der Waals surface area contributed by atoms with Crippen LogP contribution in [-0.4, -0.2) is 23.0 Å². The van der Waals surface area contributed by atoms with Crippen LogP contribution in [0.2, 0.25) is 0 Å². The number of ether oxygens (including phenoxy) is 1. The summed E-state index contributed by atoms with van der Waals surface area (Å²) in [7, 11) is 1.64. The first-order valence-corrected chi connectivity index (χ1v) is 9.84. The molecule has 4 rings (SSSR count). The Morgan fingerprint density at radius 2 is 1.68 bits per heavy atom. The summed E-state index contributed by atoms with van der Waals surface area (Å²) < 4.78 is 5.55. The molecule has 1 heterocycles. The van der Waals surface area contributed by atoms with E-state index in [9.17, 15) is 4.79 Å². The van der Waals surface area contributed by atoms with Gasteiger partial charge in [0.25, 0.3) is 5.91 Å². The number of rotatable bonds is 7. The maximum absolute atomic E-state index is 11.9. The number of para-hydroxylation sites is 1. The lowest BCUT2D eigenvalue weighted by Crippen LogP contribution is -2.16. The predicted molar refractivity (Wildman–Crippen MR) is 122 cm³/mol. The third-order valence-corrected chi connectivity index (χ3v) is 4.88. The maximum Gasteiger partial charge on any atom is 0.254 e. The van der Waals surface area contributed by atoms with Gasteiger partial charge in [-0.1, -0.05) is 54.6 Å². The van der Waals surface area contributed by atoms with Gasteiger partial charge in [-0.05, 0) is 35.4 Å². The molecule has 3 N–H and O–H groups in total. The first kappa shape index (κ1) is 20.1. The highest BCUT2D eigenvalue weighted by Gasteiger charge is 2.15. The number of hydrogen-bond acceptors (Lipinski definition) is 5. The highest BCUT2D eigenvalue weighted by molar-refractivity contribution is 5.97. The number of anilines is 2. The molecule has 0 saturated heterocycles. The molecule has 154 valence electrons. The minimum Gasteiger partial charge on any atom is -0.496 e. The van der Waals surface area contributed by atoms with Crippen molar-refractivity contribution in [1.82, 2.24) is 9.97 Å². The molecule has 0 atom stereocenters. The smallest absolute Gasteiger partial charge is 0.254 e. The summed E-state index contributed by atoms with van der Waals surface area (Å²) in [6, 6.07) is 25.6. The number of amides is 1. The standard InChI is InChI=1S/C25H22N4O2/c1-31-22-13-12-18(17-8-4-2-5-9-17)14-19(22)15-23-27-16-21(24(26)30)25(29-23)28-20-10-6-3-7-11-20/h2-14,16H,15H2,1H3,(H2,26,30)(H,27,28,29). The lowest BCUT2D eigenvalue weighted by molar-refractivity contribution is 0.100. The second-order valence-corrected chi connectivity index (χ2v) is 6.97. The summed E-state index contributed by atoms with van der Waals surface area (Å²) in [5.74, 6) is 1.09. The number of hydrogen-bond donors (Lipinski definition) is 2. The van der Waals surface area contributed by atoms with Crippen LogP contribution >= 0.6 is 0 Å². The fraction of sp³-hybridized carbons (Fsp3) is 0.0800. The Bertz CT molecular complexity index is 1190. The Hall–Kier alpha value is -4.19. The van der Waals surface area contributed by atoms with Crippen LogP contribution in [0, 0.1) is 0 Å². The number of carbonyl (C=O) groups excluding carboxylic acids is 1. The number of nitrogens with zero attached hydrogens (tertiary/aromatic N) is 2. The van der Waals surface area contributed by atoms with Gasteiger partial charge in [-0.3, -0.25) is 4.79 Å². The van der Waals surface area contributed by atoms with Gasteiger partial charge in [0.15, 0.2) is 0 Å². The molecular weight excluding hydrogens is 388 g/mol. The number of carbonyl (C=O) groups is 1. The van der Waals surface area contributed by atoms with E-state index in [-0.39, 0.29) is 5.56 Å². The summed E-state index contributed by atoms with van der Waals surface area (Å²) in [5.41, 5.74) is 9.70. The molecule has 3 aromatic carbocycles. The highest BCUT2D eigenvalue weighted by Crippen LogP contribution is 2.28. The lowest BCUT2D eigenvalue weighted by atomic mass is 10.0. The number of aromatic nitrogens is 2. The predicted octanol–water partition coefficient (Wildman–Crippen LogP) is 4.59. The van der Waals surface area contributed by atoms with Crippen LogP contribution in [0.5, 0.6) is 5.75 Å². The van der Waals surface area contributed by atoms with E-state index in [2.05, 4.69) is 33.5 Å². The summed E-state index contributed by atoms with van der Waals surface area (Å²) in [4.78, 5) is 20.8. The van der Waals surface area contributed by atoms with Gasteiger partial charge in [0.1, 0.15) is 23.0 Å². The fourth-order valence-electron chi connectivity index (χ4n) is 3.33. The zero-order chi connectivity index (χ0) is 21.6. The van der Waals surface area contributed by atoms with Crippen molar-refractivity contribution in [1.29, 1.82) is 0 Å². The van der Waals surface area contributed by atoms with Crippen molar-refractivity contribution >= 4 is 17.4 Å². The van der Waals surface area contributed by atoms with E-state index < -0.39 is 5.91 Å². The van der Waals surface area contributed by atoms with E-state index in [0.717, 1.165) is 28.1 Å². The minimum atomic E-state index is -0.589. The Morgan fingerprint density at radius 3 is 2.35 bits per heavy atom. The van der Waals surface area contributed by atoms with Crippen LogP contribution in [0.25, 0.3) is 11.1 Å². The minimum absolute atomic E-state index is 0.234. The molecule has 0 aliphatic carbocycles. The van der Waals surface area contributed by atoms with Crippen LogP contribution in [-0.2, 0) is 6.42 Å². The summed E-state index contributed by atoms with van der Waals surface area (Å²) in [6.07, 6.45) is 1.90. The van der Waals surface area contributed by atoms with Gasteiger partial charge >= 0.3 is 0 Å². The van der Waals surface area contributed by atoms with Gasteiger partial charge in [0, 0.05) is 23.9 Å². The second-order valence-electron chi connectivity index (χ2n) is 6.97. The highest BCUT2D eigenvalue weighted by atomic mass is 16.5. The largest absolute Gasteiger partial charge is 0.496 e. The van der Waals surface area contributed by atoms with Crippen molar-refractivity contribution in [2.24, 2.45) is 5.73 Å². The average molecular weight is 410 g/mol. The molecular formula is C25H22N4O2. The molecule has 0 bridgehead atoms. The van der Waals surface area contributed by atoms with Crippen molar-refractivity contribution in [3.8, 4) is 16.9 Å². The molecule has 0 radical (unpaired) electrons. The Labute approximate surface area is 180 Å². The van der Waals surface area contributed by atoms with E-state index in [1.54, 1.807) is 7.11 Å². The molecule has 4 aromatic rings. The zero-order valence-electron chi connectivity index (χ0n) is 17.1. The Morgan fingerprint density at radius 1 is 0.968 bits per heavy atom. The summed E-state index contributed by atoms with van der Waals surface area (Å²) in [5, 5.41) is 3.16. The maximum atomic E-state index is 11.9. The van der Waals surface area contributed by atoms with Crippen molar-refractivity contribution < 1.29 is 9.53 Å². The average Bonchev–Trinajstić information content (AvgIpc) is 2.80. The van der Waals surface area contributed by atoms with Crippen molar-refractivity contribution in [2.45, 2.75) is 6.42 Å². The summed E-state index contributed by atoms with van der Waals surface area (Å²) in [6.45, 7) is 0. The van der Waals surface area contributed by atoms with E-state index in [1.165, 1.54) is 6.20 Å². The van der Waals surface area contributed by atoms with Gasteiger partial charge in [-0.25, -0.2) is 9.97 Å². The van der Waals surface area contributed by atoms with Crippen LogP contribution in [0.4, 0.5) is 11.5 Å². The van der Waals surface area contributed by atoms with Gasteiger partial charge in [-0.2, -0.15) is 0 Å². The van der Waals surface area contributed by atoms with Crippen LogP contribution < -0.4 is 15.8 Å². The number of benzene rings is 3. The van der Waals surface area contributed by atoms with Gasteiger partial charge in [0.05, 0.1) is 7.11 Å². The van der Waals surface area contributed by atoms with Crippen molar-refractivity contribution in [3.05, 3.63) is 102 Å². The Balaban J connectivity index is 1.69. The third-order valence-electron chi connectivity index (χ3n) is 4.88. The molecule has 0 aliphatic heterocycles. The molecule has 6 heteroatoms. The molecule has 31 heavy (non-hydrogen) atoms. The van der Waals surface area contributed by atoms with Crippen LogP contribution in [0.3, 0.4) is 0 Å². The molecule has 6 nitrogen and oxygen atoms in total. The number of nitrogens with two attached hydrogens (primary N) is 1. The first-order chi connectivity index (χ1) is 15.1. The monoisotopic (exact) mass is 410 g/mol. The van der Waals surface area contributed by atoms with Crippen molar-refractivity contribution in [2.75, 3.05) is 12.4 Å². The second kappa shape index (κ2) is 9.09. The number of primary amides is 1. The van der Waals surface area contributed by atoms with Gasteiger partial charge in [0.2, 0.25) is 0 Å². The number of nitrogens with one attached hydrogen (secondary N) is 1. The zero-order valence-corrected chi connectivity index (χ0v) is 17.1. The topological polar surface area (TPSA) is 90.1 Å². The van der Waals surface area contributed by atoms with E-state index in [1.807, 2.05) is 60.7 Å². The van der Waals surface area contributed by atoms with E-state index in [0.29, 0.717) is 18.1 Å². The molecule has 0 aliphatic rings. The normalized spacial score (nSPS) is 10.5. The first-order valence-electron chi connectivity index (χ1n) is 9.84. The van der Waals surface area contributed by atoms with Crippen LogP contribution in [0.15, 0.2) is 85.1 Å². The fourth-order valence-corrected chi connectivity index (χ4v) is 3.33. The summed E-state index contributed by atoms with van der Waals surface area (Å²) >= 11 is 0. The van der Waals surface area contributed by atoms with E-state index in [4.69, 9.17) is 10.5 Å².